The van der Waals surface area contributed by atoms with Crippen molar-refractivity contribution in [3.63, 3.8) is 0 Å². The Kier molecular flexibility index (Phi) is 6.24. The highest BCUT2D eigenvalue weighted by atomic mass is 16.5. The van der Waals surface area contributed by atoms with E-state index in [0.717, 1.165) is 51.2 Å². The molecule has 0 aliphatic carbocycles. The molecule has 1 atom stereocenters. The van der Waals surface area contributed by atoms with E-state index in [0.29, 0.717) is 6.61 Å². The lowest BCUT2D eigenvalue weighted by atomic mass is 9.90. The molecule has 1 saturated heterocycles. The number of likely N-dealkylation sites (N-methyl/N-ethyl adjacent to an activating group) is 1. The van der Waals surface area contributed by atoms with Crippen molar-refractivity contribution in [2.45, 2.75) is 38.3 Å². The first-order chi connectivity index (χ1) is 10.5. The zero-order valence-electron chi connectivity index (χ0n) is 14.2. The smallest absolute Gasteiger partial charge is 0.123 e. The molecule has 0 radical (unpaired) electrons. The van der Waals surface area contributed by atoms with E-state index in [4.69, 9.17) is 4.74 Å². The van der Waals surface area contributed by atoms with Gasteiger partial charge in [-0.15, -0.1) is 0 Å². The van der Waals surface area contributed by atoms with E-state index in [1.807, 2.05) is 12.1 Å². The van der Waals surface area contributed by atoms with E-state index in [1.54, 1.807) is 0 Å². The van der Waals surface area contributed by atoms with Crippen LogP contribution >= 0.6 is 0 Å². The van der Waals surface area contributed by atoms with Crippen molar-refractivity contribution in [2.24, 2.45) is 0 Å². The van der Waals surface area contributed by atoms with E-state index in [9.17, 15) is 5.11 Å². The number of ether oxygens (including phenoxy) is 1. The third kappa shape index (κ3) is 4.97. The van der Waals surface area contributed by atoms with E-state index in [-0.39, 0.29) is 0 Å². The Bertz CT molecular complexity index is 464. The lowest BCUT2D eigenvalue weighted by Gasteiger charge is -2.38. The molecule has 124 valence electrons. The minimum absolute atomic E-state index is 0.515. The molecule has 1 aromatic carbocycles. The second-order valence-electron chi connectivity index (χ2n) is 6.65. The number of benzene rings is 1. The Morgan fingerprint density at radius 1 is 1.32 bits per heavy atom. The largest absolute Gasteiger partial charge is 0.492 e. The molecule has 1 aliphatic rings. The molecular formula is C18H30N2O2. The number of para-hydroxylation sites is 1. The fourth-order valence-corrected chi connectivity index (χ4v) is 2.98. The highest BCUT2D eigenvalue weighted by Gasteiger charge is 2.31. The summed E-state index contributed by atoms with van der Waals surface area (Å²) in [7, 11) is 4.10. The van der Waals surface area contributed by atoms with Crippen LogP contribution in [0.4, 0.5) is 0 Å². The third-order valence-electron chi connectivity index (χ3n) is 4.46. The number of likely N-dealkylation sites (tertiary alicyclic amines) is 1. The molecule has 1 heterocycles. The molecule has 0 spiro atoms. The van der Waals surface area contributed by atoms with Gasteiger partial charge in [0.25, 0.3) is 0 Å². The maximum absolute atomic E-state index is 10.5. The SMILES string of the molecule is CCC1(O)CCCN(Cc2ccccc2OCCN(C)C)C1. The Hall–Kier alpha value is -1.10. The first-order valence-corrected chi connectivity index (χ1v) is 8.32. The summed E-state index contributed by atoms with van der Waals surface area (Å²) in [5, 5.41) is 10.5. The minimum atomic E-state index is -0.515. The van der Waals surface area contributed by atoms with Crippen molar-refractivity contribution < 1.29 is 9.84 Å². The summed E-state index contributed by atoms with van der Waals surface area (Å²) >= 11 is 0. The zero-order valence-corrected chi connectivity index (χ0v) is 14.2. The van der Waals surface area contributed by atoms with Crippen LogP contribution in [-0.4, -0.2) is 60.8 Å². The molecular weight excluding hydrogens is 276 g/mol. The Labute approximate surface area is 134 Å². The summed E-state index contributed by atoms with van der Waals surface area (Å²) in [6, 6.07) is 8.25. The number of piperidine rings is 1. The first-order valence-electron chi connectivity index (χ1n) is 8.32. The topological polar surface area (TPSA) is 35.9 Å². The maximum Gasteiger partial charge on any atom is 0.123 e. The molecule has 0 aromatic heterocycles. The normalized spacial score (nSPS) is 23.0. The van der Waals surface area contributed by atoms with Gasteiger partial charge in [-0.1, -0.05) is 25.1 Å². The average Bonchev–Trinajstić information content (AvgIpc) is 2.49. The van der Waals surface area contributed by atoms with E-state index in [2.05, 4.69) is 43.0 Å². The molecule has 4 nitrogen and oxygen atoms in total. The van der Waals surface area contributed by atoms with Crippen LogP contribution in [-0.2, 0) is 6.54 Å². The zero-order chi connectivity index (χ0) is 16.0. The van der Waals surface area contributed by atoms with Gasteiger partial charge < -0.3 is 14.7 Å². The molecule has 1 fully saturated rings. The van der Waals surface area contributed by atoms with Crippen LogP contribution in [0.25, 0.3) is 0 Å². The highest BCUT2D eigenvalue weighted by Crippen LogP contribution is 2.27. The second kappa shape index (κ2) is 7.95. The summed E-state index contributed by atoms with van der Waals surface area (Å²) in [4.78, 5) is 4.47. The molecule has 2 rings (SSSR count). The number of aliphatic hydroxyl groups is 1. The number of rotatable bonds is 7. The number of β-amino-alcohol motifs (C(OH)–C–C–N with tert-alkyl or cyclic N) is 1. The van der Waals surface area contributed by atoms with Gasteiger partial charge >= 0.3 is 0 Å². The Morgan fingerprint density at radius 2 is 2.09 bits per heavy atom. The molecule has 1 N–H and O–H groups in total. The van der Waals surface area contributed by atoms with Crippen LogP contribution in [0.3, 0.4) is 0 Å². The standard InChI is InChI=1S/C18H30N2O2/c1-4-18(21)10-7-11-20(15-18)14-16-8-5-6-9-17(16)22-13-12-19(2)3/h5-6,8-9,21H,4,7,10-15H2,1-3H3. The average molecular weight is 306 g/mol. The fourth-order valence-electron chi connectivity index (χ4n) is 2.98. The van der Waals surface area contributed by atoms with Crippen LogP contribution in [0, 0.1) is 0 Å². The Morgan fingerprint density at radius 3 is 2.82 bits per heavy atom. The van der Waals surface area contributed by atoms with Gasteiger partial charge in [-0.3, -0.25) is 4.90 Å². The molecule has 1 aromatic rings. The van der Waals surface area contributed by atoms with Crippen LogP contribution in [0.2, 0.25) is 0 Å². The predicted octanol–water partition coefficient (Wildman–Crippen LogP) is 2.36. The number of nitrogens with zero attached hydrogens (tertiary/aromatic N) is 2. The van der Waals surface area contributed by atoms with Crippen molar-refractivity contribution in [3.8, 4) is 5.75 Å². The van der Waals surface area contributed by atoms with Crippen LogP contribution < -0.4 is 4.74 Å². The van der Waals surface area contributed by atoms with Crippen molar-refractivity contribution in [2.75, 3.05) is 40.3 Å². The minimum Gasteiger partial charge on any atom is -0.492 e. The third-order valence-corrected chi connectivity index (χ3v) is 4.46. The lowest BCUT2D eigenvalue weighted by molar-refractivity contribution is -0.0359. The molecule has 0 saturated carbocycles. The van der Waals surface area contributed by atoms with Gasteiger partial charge in [0.05, 0.1) is 5.60 Å². The molecule has 1 aliphatic heterocycles. The first kappa shape index (κ1) is 17.3. The van der Waals surface area contributed by atoms with Gasteiger partial charge in [-0.05, 0) is 46.0 Å². The predicted molar refractivity (Wildman–Crippen MR) is 90.2 cm³/mol. The van der Waals surface area contributed by atoms with Crippen LogP contribution in [0.15, 0.2) is 24.3 Å². The quantitative estimate of drug-likeness (QED) is 0.839. The van der Waals surface area contributed by atoms with Gasteiger partial charge in [0, 0.05) is 25.2 Å². The van der Waals surface area contributed by atoms with Crippen molar-refractivity contribution >= 4 is 0 Å². The van der Waals surface area contributed by atoms with Gasteiger partial charge in [-0.2, -0.15) is 0 Å². The van der Waals surface area contributed by atoms with Gasteiger partial charge in [0.2, 0.25) is 0 Å². The van der Waals surface area contributed by atoms with Gasteiger partial charge in [0.1, 0.15) is 12.4 Å². The van der Waals surface area contributed by atoms with Crippen molar-refractivity contribution in [1.82, 2.24) is 9.80 Å². The van der Waals surface area contributed by atoms with E-state index < -0.39 is 5.60 Å². The van der Waals surface area contributed by atoms with Gasteiger partial charge in [-0.25, -0.2) is 0 Å². The number of hydrogen-bond acceptors (Lipinski definition) is 4. The summed E-state index contributed by atoms with van der Waals surface area (Å²) in [5.74, 6) is 0.968. The monoisotopic (exact) mass is 306 g/mol. The van der Waals surface area contributed by atoms with Crippen LogP contribution in [0.5, 0.6) is 5.75 Å². The summed E-state index contributed by atoms with van der Waals surface area (Å²) in [6.45, 7) is 6.34. The van der Waals surface area contributed by atoms with Crippen molar-refractivity contribution in [1.29, 1.82) is 0 Å². The van der Waals surface area contributed by atoms with Crippen LogP contribution in [0.1, 0.15) is 31.7 Å². The number of hydrogen-bond donors (Lipinski definition) is 1. The van der Waals surface area contributed by atoms with E-state index in [1.165, 1.54) is 5.56 Å². The summed E-state index contributed by atoms with van der Waals surface area (Å²) in [5.41, 5.74) is 0.695. The molecule has 0 amide bonds. The van der Waals surface area contributed by atoms with E-state index >= 15 is 0 Å². The maximum atomic E-state index is 10.5. The Balaban J connectivity index is 1.97. The lowest BCUT2D eigenvalue weighted by Crippen LogP contribution is -2.47. The van der Waals surface area contributed by atoms with Crippen molar-refractivity contribution in [3.05, 3.63) is 29.8 Å². The molecule has 0 bridgehead atoms. The summed E-state index contributed by atoms with van der Waals surface area (Å²) in [6.07, 6.45) is 2.81. The second-order valence-corrected chi connectivity index (χ2v) is 6.65. The highest BCUT2D eigenvalue weighted by molar-refractivity contribution is 5.33. The fraction of sp³-hybridized carbons (Fsp3) is 0.667. The molecule has 1 unspecified atom stereocenters. The molecule has 22 heavy (non-hydrogen) atoms. The molecule has 4 heteroatoms. The van der Waals surface area contributed by atoms with Gasteiger partial charge in [0.15, 0.2) is 0 Å². The summed E-state index contributed by atoms with van der Waals surface area (Å²) < 4.78 is 5.94.